The van der Waals surface area contributed by atoms with Crippen LogP contribution in [0.4, 0.5) is 0 Å². The van der Waals surface area contributed by atoms with Gasteiger partial charge in [0.05, 0.1) is 0 Å². The average Bonchev–Trinajstić information content (AvgIpc) is 2.07. The molecule has 2 heterocycles. The quantitative estimate of drug-likeness (QED) is 0.481. The molecule has 2 nitrogen and oxygen atoms in total. The molecular formula is C7H14N2. The summed E-state index contributed by atoms with van der Waals surface area (Å²) >= 11 is 0. The Kier molecular flexibility index (Phi) is 1.08. The number of rotatable bonds is 0. The van der Waals surface area contributed by atoms with Crippen molar-refractivity contribution in [3.63, 3.8) is 0 Å². The van der Waals surface area contributed by atoms with Crippen LogP contribution in [0.2, 0.25) is 0 Å². The second-order valence-electron chi connectivity index (χ2n) is 3.57. The molecule has 2 aliphatic heterocycles. The molecule has 0 radical (unpaired) electrons. The number of piperazine rings is 1. The summed E-state index contributed by atoms with van der Waals surface area (Å²) in [7, 11) is 0. The van der Waals surface area contributed by atoms with E-state index >= 15 is 0 Å². The maximum atomic E-state index is 3.60. The van der Waals surface area contributed by atoms with Crippen LogP contribution in [0.3, 0.4) is 0 Å². The van der Waals surface area contributed by atoms with Crippen LogP contribution in [-0.2, 0) is 0 Å². The highest BCUT2D eigenvalue weighted by atomic mass is 15.1. The minimum atomic E-state index is 0.433. The first-order chi connectivity index (χ1) is 4.29. The zero-order valence-corrected chi connectivity index (χ0v) is 5.91. The molecule has 2 saturated heterocycles. The second-order valence-corrected chi connectivity index (χ2v) is 3.57. The van der Waals surface area contributed by atoms with Crippen molar-refractivity contribution >= 4 is 0 Å². The van der Waals surface area contributed by atoms with Gasteiger partial charge >= 0.3 is 0 Å². The van der Waals surface area contributed by atoms with Gasteiger partial charge in [0.2, 0.25) is 0 Å². The Bertz CT molecular complexity index is 120. The summed E-state index contributed by atoms with van der Waals surface area (Å²) in [5.41, 5.74) is 0.433. The van der Waals surface area contributed by atoms with E-state index < -0.39 is 0 Å². The van der Waals surface area contributed by atoms with Crippen molar-refractivity contribution in [3.8, 4) is 0 Å². The summed E-state index contributed by atoms with van der Waals surface area (Å²) in [6.07, 6.45) is 2.72. The predicted octanol–water partition coefficient (Wildman–Crippen LogP) is 0.100. The molecule has 2 atom stereocenters. The topological polar surface area (TPSA) is 24.1 Å². The molecule has 2 N–H and O–H groups in total. The van der Waals surface area contributed by atoms with Crippen molar-refractivity contribution in [3.05, 3.63) is 0 Å². The van der Waals surface area contributed by atoms with Gasteiger partial charge < -0.3 is 10.6 Å². The molecule has 2 fully saturated rings. The first-order valence-corrected chi connectivity index (χ1v) is 3.77. The van der Waals surface area contributed by atoms with Gasteiger partial charge in [-0.05, 0) is 19.8 Å². The summed E-state index contributed by atoms with van der Waals surface area (Å²) < 4.78 is 0. The fourth-order valence-corrected chi connectivity index (χ4v) is 1.94. The van der Waals surface area contributed by atoms with Crippen LogP contribution in [0.1, 0.15) is 19.8 Å². The van der Waals surface area contributed by atoms with Crippen LogP contribution in [0.15, 0.2) is 0 Å². The smallest absolute Gasteiger partial charge is 0.0281 e. The number of fused-ring (bicyclic) bond motifs is 2. The van der Waals surface area contributed by atoms with Crippen molar-refractivity contribution in [2.24, 2.45) is 0 Å². The van der Waals surface area contributed by atoms with Crippen LogP contribution in [0.25, 0.3) is 0 Å². The van der Waals surface area contributed by atoms with Gasteiger partial charge in [-0.3, -0.25) is 0 Å². The number of nitrogens with one attached hydrogen (secondary N) is 2. The molecule has 52 valence electrons. The fraction of sp³-hybridized carbons (Fsp3) is 1.00. The lowest BCUT2D eigenvalue weighted by Crippen LogP contribution is -2.56. The van der Waals surface area contributed by atoms with Gasteiger partial charge in [0.1, 0.15) is 0 Å². The van der Waals surface area contributed by atoms with Crippen molar-refractivity contribution in [2.45, 2.75) is 31.3 Å². The summed E-state index contributed by atoms with van der Waals surface area (Å²) in [5, 5.41) is 7.03. The van der Waals surface area contributed by atoms with Crippen LogP contribution < -0.4 is 10.6 Å². The zero-order valence-electron chi connectivity index (χ0n) is 5.91. The van der Waals surface area contributed by atoms with Crippen molar-refractivity contribution in [1.29, 1.82) is 0 Å². The van der Waals surface area contributed by atoms with Gasteiger partial charge in [-0.1, -0.05) is 0 Å². The van der Waals surface area contributed by atoms with Gasteiger partial charge in [0.15, 0.2) is 0 Å². The molecule has 9 heavy (non-hydrogen) atoms. The van der Waals surface area contributed by atoms with Crippen molar-refractivity contribution in [1.82, 2.24) is 10.6 Å². The van der Waals surface area contributed by atoms with E-state index in [4.69, 9.17) is 0 Å². The highest BCUT2D eigenvalue weighted by Gasteiger charge is 2.36. The Morgan fingerprint density at radius 1 is 1.56 bits per heavy atom. The predicted molar refractivity (Wildman–Crippen MR) is 37.4 cm³/mol. The van der Waals surface area contributed by atoms with Crippen molar-refractivity contribution in [2.75, 3.05) is 13.1 Å². The lowest BCUT2D eigenvalue weighted by molar-refractivity contribution is 0.319. The summed E-state index contributed by atoms with van der Waals surface area (Å²) in [5.74, 6) is 0. The molecule has 0 aromatic heterocycles. The molecule has 2 heteroatoms. The van der Waals surface area contributed by atoms with Crippen LogP contribution in [0.5, 0.6) is 0 Å². The second kappa shape index (κ2) is 1.70. The molecule has 2 rings (SSSR count). The van der Waals surface area contributed by atoms with Crippen LogP contribution >= 0.6 is 0 Å². The van der Waals surface area contributed by atoms with E-state index in [9.17, 15) is 0 Å². The summed E-state index contributed by atoms with van der Waals surface area (Å²) in [4.78, 5) is 0. The third-order valence-electron chi connectivity index (χ3n) is 2.50. The molecule has 0 aliphatic carbocycles. The van der Waals surface area contributed by atoms with E-state index in [1.165, 1.54) is 19.4 Å². The molecular weight excluding hydrogens is 112 g/mol. The van der Waals surface area contributed by atoms with E-state index in [1.807, 2.05) is 0 Å². The number of hydrogen-bond acceptors (Lipinski definition) is 2. The Hall–Kier alpha value is -0.0800. The minimum absolute atomic E-state index is 0.433. The largest absolute Gasteiger partial charge is 0.313 e. The van der Waals surface area contributed by atoms with E-state index in [-0.39, 0.29) is 0 Å². The maximum absolute atomic E-state index is 3.60. The van der Waals surface area contributed by atoms with Gasteiger partial charge in [-0.2, -0.15) is 0 Å². The molecule has 0 spiro atoms. The Morgan fingerprint density at radius 3 is 3.11 bits per heavy atom. The normalized spacial score (nSPS) is 49.7. The molecule has 2 aliphatic rings. The van der Waals surface area contributed by atoms with Gasteiger partial charge in [-0.25, -0.2) is 0 Å². The third-order valence-corrected chi connectivity index (χ3v) is 2.50. The Labute approximate surface area is 56.0 Å². The highest BCUT2D eigenvalue weighted by molar-refractivity contribution is 5.00. The molecule has 1 unspecified atom stereocenters. The van der Waals surface area contributed by atoms with E-state index in [1.54, 1.807) is 0 Å². The SMILES string of the molecule is C[C@@]12CCC(CNC1)N2. The standard InChI is InChI=1S/C7H14N2/c1-7-3-2-6(9-7)4-8-5-7/h6,8-9H,2-5H2,1H3/t6?,7-/m1/s1. The molecule has 0 aromatic rings. The van der Waals surface area contributed by atoms with E-state index in [0.29, 0.717) is 5.54 Å². The van der Waals surface area contributed by atoms with Gasteiger partial charge in [0.25, 0.3) is 0 Å². The van der Waals surface area contributed by atoms with Crippen LogP contribution in [0, 0.1) is 0 Å². The lowest BCUT2D eigenvalue weighted by Gasteiger charge is -2.31. The van der Waals surface area contributed by atoms with Gasteiger partial charge in [0, 0.05) is 24.7 Å². The third kappa shape index (κ3) is 0.864. The monoisotopic (exact) mass is 126 g/mol. The number of hydrogen-bond donors (Lipinski definition) is 2. The average molecular weight is 126 g/mol. The molecule has 2 bridgehead atoms. The lowest BCUT2D eigenvalue weighted by atomic mass is 10.0. The summed E-state index contributed by atoms with van der Waals surface area (Å²) in [6, 6.07) is 0.767. The first-order valence-electron chi connectivity index (χ1n) is 3.77. The Morgan fingerprint density at radius 2 is 2.44 bits per heavy atom. The molecule has 0 amide bonds. The first kappa shape index (κ1) is 5.69. The van der Waals surface area contributed by atoms with Crippen LogP contribution in [-0.4, -0.2) is 24.7 Å². The van der Waals surface area contributed by atoms with E-state index in [0.717, 1.165) is 12.6 Å². The fourth-order valence-electron chi connectivity index (χ4n) is 1.94. The highest BCUT2D eigenvalue weighted by Crippen LogP contribution is 2.24. The minimum Gasteiger partial charge on any atom is -0.313 e. The van der Waals surface area contributed by atoms with E-state index in [2.05, 4.69) is 17.6 Å². The zero-order chi connectivity index (χ0) is 6.32. The van der Waals surface area contributed by atoms with Gasteiger partial charge in [-0.15, -0.1) is 0 Å². The molecule has 0 saturated carbocycles. The molecule has 0 aromatic carbocycles. The Balaban J connectivity index is 2.13. The van der Waals surface area contributed by atoms with Crippen molar-refractivity contribution < 1.29 is 0 Å². The summed E-state index contributed by atoms with van der Waals surface area (Å²) in [6.45, 7) is 4.64. The maximum Gasteiger partial charge on any atom is 0.0281 e.